The zero-order valence-electron chi connectivity index (χ0n) is 11.8. The summed E-state index contributed by atoms with van der Waals surface area (Å²) in [7, 11) is 0. The molecule has 0 fully saturated rings. The number of amides is 2. The first-order chi connectivity index (χ1) is 9.38. The second-order valence-electron chi connectivity index (χ2n) is 5.01. The van der Waals surface area contributed by atoms with Crippen LogP contribution < -0.4 is 21.5 Å². The molecule has 0 aromatic heterocycles. The molecule has 6 nitrogen and oxygen atoms in total. The fourth-order valence-corrected chi connectivity index (χ4v) is 1.67. The van der Waals surface area contributed by atoms with Gasteiger partial charge in [-0.05, 0) is 24.5 Å². The molecule has 1 rings (SSSR count). The standard InChI is InChI=1S/C14H21N3O3/c1-9(2)6-12(15)14(19)17-10-4-3-5-11(7-10)20-8-13(16)18/h3-5,7,9,12H,6,8,15H2,1-2H3,(H2,16,18)(H,17,19). The smallest absolute Gasteiger partial charge is 0.255 e. The molecule has 1 aromatic rings. The van der Waals surface area contributed by atoms with Crippen LogP contribution in [0.3, 0.4) is 0 Å². The molecule has 0 heterocycles. The van der Waals surface area contributed by atoms with Crippen molar-refractivity contribution in [2.45, 2.75) is 26.3 Å². The van der Waals surface area contributed by atoms with E-state index in [0.29, 0.717) is 23.8 Å². The largest absolute Gasteiger partial charge is 0.484 e. The fourth-order valence-electron chi connectivity index (χ4n) is 1.67. The third kappa shape index (κ3) is 5.71. The van der Waals surface area contributed by atoms with Crippen LogP contribution in [-0.4, -0.2) is 24.5 Å². The molecule has 0 aliphatic heterocycles. The summed E-state index contributed by atoms with van der Waals surface area (Å²) in [5.74, 6) is 0.00385. The molecule has 0 radical (unpaired) electrons. The molecule has 1 aromatic carbocycles. The fraction of sp³-hybridized carbons (Fsp3) is 0.429. The molecule has 5 N–H and O–H groups in total. The van der Waals surface area contributed by atoms with E-state index < -0.39 is 11.9 Å². The number of anilines is 1. The van der Waals surface area contributed by atoms with Crippen molar-refractivity contribution < 1.29 is 14.3 Å². The second kappa shape index (κ2) is 7.49. The Balaban J connectivity index is 2.61. The minimum atomic E-state index is -0.557. The molecule has 0 aliphatic carbocycles. The number of nitrogens with two attached hydrogens (primary N) is 2. The summed E-state index contributed by atoms with van der Waals surface area (Å²) in [4.78, 5) is 22.5. The number of primary amides is 1. The molecule has 6 heteroatoms. The van der Waals surface area contributed by atoms with E-state index >= 15 is 0 Å². The van der Waals surface area contributed by atoms with Crippen LogP contribution in [0.5, 0.6) is 5.75 Å². The minimum Gasteiger partial charge on any atom is -0.484 e. The van der Waals surface area contributed by atoms with E-state index in [-0.39, 0.29) is 12.5 Å². The van der Waals surface area contributed by atoms with Crippen LogP contribution in [-0.2, 0) is 9.59 Å². The van der Waals surface area contributed by atoms with Crippen molar-refractivity contribution in [1.29, 1.82) is 0 Å². The van der Waals surface area contributed by atoms with Gasteiger partial charge in [0.05, 0.1) is 6.04 Å². The first-order valence-corrected chi connectivity index (χ1v) is 6.46. The predicted molar refractivity (Wildman–Crippen MR) is 77.2 cm³/mol. The highest BCUT2D eigenvalue weighted by Crippen LogP contribution is 2.17. The summed E-state index contributed by atoms with van der Waals surface area (Å²) in [6.45, 7) is 3.81. The van der Waals surface area contributed by atoms with Crippen LogP contribution in [0.1, 0.15) is 20.3 Å². The molecule has 0 saturated carbocycles. The lowest BCUT2D eigenvalue weighted by Gasteiger charge is -2.14. The molecular formula is C14H21N3O3. The lowest BCUT2D eigenvalue weighted by atomic mass is 10.0. The molecule has 0 saturated heterocycles. The average molecular weight is 279 g/mol. The van der Waals surface area contributed by atoms with Crippen LogP contribution >= 0.6 is 0 Å². The van der Waals surface area contributed by atoms with Gasteiger partial charge >= 0.3 is 0 Å². The SMILES string of the molecule is CC(C)CC(N)C(=O)Nc1cccc(OCC(N)=O)c1. The molecule has 110 valence electrons. The van der Waals surface area contributed by atoms with Crippen LogP contribution in [0.4, 0.5) is 5.69 Å². The highest BCUT2D eigenvalue weighted by Gasteiger charge is 2.15. The van der Waals surface area contributed by atoms with Gasteiger partial charge in [-0.15, -0.1) is 0 Å². The van der Waals surface area contributed by atoms with Gasteiger partial charge in [-0.2, -0.15) is 0 Å². The highest BCUT2D eigenvalue weighted by molar-refractivity contribution is 5.94. The van der Waals surface area contributed by atoms with Gasteiger partial charge in [-0.25, -0.2) is 0 Å². The number of rotatable bonds is 7. The maximum atomic E-state index is 11.9. The number of carbonyl (C=O) groups excluding carboxylic acids is 2. The Labute approximate surface area is 118 Å². The Kier molecular flexibility index (Phi) is 5.99. The van der Waals surface area contributed by atoms with Gasteiger partial charge in [0.25, 0.3) is 5.91 Å². The molecule has 20 heavy (non-hydrogen) atoms. The highest BCUT2D eigenvalue weighted by atomic mass is 16.5. The number of nitrogens with one attached hydrogen (secondary N) is 1. The van der Waals surface area contributed by atoms with Gasteiger partial charge in [-0.1, -0.05) is 19.9 Å². The second-order valence-corrected chi connectivity index (χ2v) is 5.01. The predicted octanol–water partition coefficient (Wildman–Crippen LogP) is 0.863. The van der Waals surface area contributed by atoms with Gasteiger partial charge in [-0.3, -0.25) is 9.59 Å². The first kappa shape index (κ1) is 16.0. The van der Waals surface area contributed by atoms with E-state index in [1.54, 1.807) is 24.3 Å². The number of hydrogen-bond donors (Lipinski definition) is 3. The molecular weight excluding hydrogens is 258 g/mol. The molecule has 0 aliphatic rings. The Morgan fingerprint density at radius 1 is 1.35 bits per heavy atom. The monoisotopic (exact) mass is 279 g/mol. The molecule has 0 bridgehead atoms. The number of carbonyl (C=O) groups is 2. The summed E-state index contributed by atoms with van der Waals surface area (Å²) in [5.41, 5.74) is 11.4. The van der Waals surface area contributed by atoms with Crippen LogP contribution in [0.15, 0.2) is 24.3 Å². The minimum absolute atomic E-state index is 0.204. The molecule has 2 amide bonds. The first-order valence-electron chi connectivity index (χ1n) is 6.46. The molecule has 1 atom stereocenters. The van der Waals surface area contributed by atoms with E-state index in [2.05, 4.69) is 5.32 Å². The maximum Gasteiger partial charge on any atom is 0.255 e. The Morgan fingerprint density at radius 2 is 2.05 bits per heavy atom. The third-order valence-corrected chi connectivity index (χ3v) is 2.54. The van der Waals surface area contributed by atoms with Crippen molar-refractivity contribution in [2.24, 2.45) is 17.4 Å². The Morgan fingerprint density at radius 3 is 2.65 bits per heavy atom. The van der Waals surface area contributed by atoms with Gasteiger partial charge in [0.15, 0.2) is 6.61 Å². The summed E-state index contributed by atoms with van der Waals surface area (Å²) in [5, 5.41) is 2.71. The quantitative estimate of drug-likeness (QED) is 0.688. The van der Waals surface area contributed by atoms with Crippen molar-refractivity contribution in [3.05, 3.63) is 24.3 Å². The van der Waals surface area contributed by atoms with E-state index in [1.807, 2.05) is 13.8 Å². The van der Waals surface area contributed by atoms with Crippen molar-refractivity contribution in [2.75, 3.05) is 11.9 Å². The topological polar surface area (TPSA) is 107 Å². The number of hydrogen-bond acceptors (Lipinski definition) is 4. The van der Waals surface area contributed by atoms with Crippen molar-refractivity contribution in [3.63, 3.8) is 0 Å². The normalized spacial score (nSPS) is 12.0. The van der Waals surface area contributed by atoms with E-state index in [9.17, 15) is 9.59 Å². The summed E-state index contributed by atoms with van der Waals surface area (Å²) in [6.07, 6.45) is 0.615. The zero-order valence-corrected chi connectivity index (χ0v) is 11.8. The van der Waals surface area contributed by atoms with Gasteiger partial charge in [0, 0.05) is 11.8 Å². The molecule has 0 spiro atoms. The zero-order chi connectivity index (χ0) is 15.1. The summed E-state index contributed by atoms with van der Waals surface area (Å²) in [6, 6.07) is 6.16. The lowest BCUT2D eigenvalue weighted by molar-refractivity contribution is -0.120. The summed E-state index contributed by atoms with van der Waals surface area (Å²) < 4.78 is 5.16. The van der Waals surface area contributed by atoms with Crippen molar-refractivity contribution in [1.82, 2.24) is 0 Å². The van der Waals surface area contributed by atoms with Crippen molar-refractivity contribution in [3.8, 4) is 5.75 Å². The average Bonchev–Trinajstić information content (AvgIpc) is 2.36. The molecule has 1 unspecified atom stereocenters. The van der Waals surface area contributed by atoms with E-state index in [4.69, 9.17) is 16.2 Å². The van der Waals surface area contributed by atoms with E-state index in [1.165, 1.54) is 0 Å². The van der Waals surface area contributed by atoms with Gasteiger partial charge < -0.3 is 21.5 Å². The number of benzene rings is 1. The Hall–Kier alpha value is -2.08. The van der Waals surface area contributed by atoms with Crippen LogP contribution in [0, 0.1) is 5.92 Å². The maximum absolute atomic E-state index is 11.9. The van der Waals surface area contributed by atoms with Gasteiger partial charge in [0.2, 0.25) is 5.91 Å². The third-order valence-electron chi connectivity index (χ3n) is 2.54. The van der Waals surface area contributed by atoms with Gasteiger partial charge in [0.1, 0.15) is 5.75 Å². The lowest BCUT2D eigenvalue weighted by Crippen LogP contribution is -2.36. The van der Waals surface area contributed by atoms with Crippen LogP contribution in [0.2, 0.25) is 0 Å². The summed E-state index contributed by atoms with van der Waals surface area (Å²) >= 11 is 0. The van der Waals surface area contributed by atoms with Crippen LogP contribution in [0.25, 0.3) is 0 Å². The van der Waals surface area contributed by atoms with E-state index in [0.717, 1.165) is 0 Å². The van der Waals surface area contributed by atoms with Crippen molar-refractivity contribution >= 4 is 17.5 Å². The Bertz CT molecular complexity index is 474. The number of ether oxygens (including phenoxy) is 1.